The van der Waals surface area contributed by atoms with Crippen LogP contribution in [0.3, 0.4) is 0 Å². The van der Waals surface area contributed by atoms with Gasteiger partial charge in [-0.05, 0) is 49.1 Å². The van der Waals surface area contributed by atoms with Gasteiger partial charge in [-0.3, -0.25) is 19.5 Å². The zero-order chi connectivity index (χ0) is 20.5. The Morgan fingerprint density at radius 1 is 1.00 bits per heavy atom. The number of piperazine rings is 1. The van der Waals surface area contributed by atoms with Crippen LogP contribution in [0, 0.1) is 0 Å². The van der Waals surface area contributed by atoms with E-state index in [0.717, 1.165) is 61.1 Å². The molecule has 0 radical (unpaired) electrons. The first-order valence-corrected chi connectivity index (χ1v) is 10.6. The molecule has 2 aliphatic rings. The number of nitrogens with zero attached hydrogens (tertiary/aromatic N) is 5. The van der Waals surface area contributed by atoms with Gasteiger partial charge in [-0.2, -0.15) is 5.10 Å². The summed E-state index contributed by atoms with van der Waals surface area (Å²) in [6.45, 7) is 4.36. The molecule has 2 aromatic heterocycles. The van der Waals surface area contributed by atoms with E-state index in [9.17, 15) is 9.59 Å². The van der Waals surface area contributed by atoms with Crippen LogP contribution in [0.1, 0.15) is 28.0 Å². The predicted molar refractivity (Wildman–Crippen MR) is 115 cm³/mol. The van der Waals surface area contributed by atoms with Crippen molar-refractivity contribution in [3.05, 3.63) is 69.8 Å². The van der Waals surface area contributed by atoms with Gasteiger partial charge in [0.15, 0.2) is 0 Å². The molecule has 0 atom stereocenters. The molecule has 1 aliphatic carbocycles. The van der Waals surface area contributed by atoms with Crippen molar-refractivity contribution in [1.82, 2.24) is 24.6 Å². The van der Waals surface area contributed by atoms with Crippen molar-refractivity contribution in [2.24, 2.45) is 0 Å². The van der Waals surface area contributed by atoms with Crippen LogP contribution >= 0.6 is 0 Å². The molecule has 1 amide bonds. The van der Waals surface area contributed by atoms with Crippen LogP contribution in [0.5, 0.6) is 0 Å². The van der Waals surface area contributed by atoms with Crippen LogP contribution in [0.25, 0.3) is 10.9 Å². The second kappa shape index (κ2) is 7.99. The van der Waals surface area contributed by atoms with E-state index in [1.807, 2.05) is 35.2 Å². The largest absolute Gasteiger partial charge is 0.336 e. The Labute approximate surface area is 174 Å². The minimum absolute atomic E-state index is 0.00439. The highest BCUT2D eigenvalue weighted by molar-refractivity contribution is 5.98. The molecule has 0 unspecified atom stereocenters. The molecule has 0 saturated carbocycles. The molecule has 7 nitrogen and oxygen atoms in total. The van der Waals surface area contributed by atoms with Gasteiger partial charge in [0.05, 0.1) is 17.8 Å². The summed E-state index contributed by atoms with van der Waals surface area (Å²) in [4.78, 5) is 33.7. The lowest BCUT2D eigenvalue weighted by atomic mass is 10.1. The van der Waals surface area contributed by atoms with E-state index in [1.54, 1.807) is 16.9 Å². The molecule has 3 aromatic rings. The normalized spacial score (nSPS) is 16.7. The van der Waals surface area contributed by atoms with E-state index in [2.05, 4.69) is 15.0 Å². The lowest BCUT2D eigenvalue weighted by Gasteiger charge is -2.34. The van der Waals surface area contributed by atoms with Gasteiger partial charge in [-0.15, -0.1) is 0 Å². The number of benzene rings is 1. The lowest BCUT2D eigenvalue weighted by Crippen LogP contribution is -2.49. The van der Waals surface area contributed by atoms with E-state index in [1.165, 1.54) is 0 Å². The molecule has 0 bridgehead atoms. The minimum Gasteiger partial charge on any atom is -0.336 e. The fourth-order valence-corrected chi connectivity index (χ4v) is 4.40. The standard InChI is InChI=1S/C23H25N5O2/c29-22-16-18-3-1-5-21(18)25-28(22)14-11-26-9-12-27(13-10-26)23(30)19-6-7-20-17(15-19)4-2-8-24-20/h2,4,6-8,15-16H,1,3,5,9-14H2. The van der Waals surface area contributed by atoms with Crippen molar-refractivity contribution in [3.8, 4) is 0 Å². The van der Waals surface area contributed by atoms with Crippen molar-refractivity contribution in [1.29, 1.82) is 0 Å². The average Bonchev–Trinajstić information content (AvgIpc) is 3.24. The SMILES string of the molecule is O=C(c1ccc2ncccc2c1)N1CCN(CCn2nc3c(cc2=O)CCC3)CC1. The van der Waals surface area contributed by atoms with Crippen molar-refractivity contribution < 1.29 is 4.79 Å². The summed E-state index contributed by atoms with van der Waals surface area (Å²) in [5.74, 6) is 0.0666. The Hall–Kier alpha value is -3.06. The summed E-state index contributed by atoms with van der Waals surface area (Å²) in [5, 5.41) is 5.53. The number of carbonyl (C=O) groups excluding carboxylic acids is 1. The van der Waals surface area contributed by atoms with Gasteiger partial charge in [0, 0.05) is 55.9 Å². The van der Waals surface area contributed by atoms with Crippen LogP contribution in [0.4, 0.5) is 0 Å². The topological polar surface area (TPSA) is 71.3 Å². The van der Waals surface area contributed by atoms with Gasteiger partial charge in [-0.25, -0.2) is 4.68 Å². The Kier molecular flexibility index (Phi) is 5.04. The molecule has 0 spiro atoms. The maximum atomic E-state index is 12.9. The van der Waals surface area contributed by atoms with Gasteiger partial charge >= 0.3 is 0 Å². The molecule has 1 fully saturated rings. The van der Waals surface area contributed by atoms with E-state index in [-0.39, 0.29) is 11.5 Å². The number of hydrogen-bond donors (Lipinski definition) is 0. The summed E-state index contributed by atoms with van der Waals surface area (Å²) < 4.78 is 1.60. The van der Waals surface area contributed by atoms with Gasteiger partial charge in [0.1, 0.15) is 0 Å². The average molecular weight is 403 g/mol. The first kappa shape index (κ1) is 18.9. The third kappa shape index (κ3) is 3.73. The molecule has 30 heavy (non-hydrogen) atoms. The summed E-state index contributed by atoms with van der Waals surface area (Å²) in [7, 11) is 0. The number of amides is 1. The van der Waals surface area contributed by atoms with Gasteiger partial charge in [0.2, 0.25) is 0 Å². The number of aromatic nitrogens is 3. The van der Waals surface area contributed by atoms with Crippen LogP contribution < -0.4 is 5.56 Å². The number of carbonyl (C=O) groups is 1. The monoisotopic (exact) mass is 403 g/mol. The number of pyridine rings is 1. The molecule has 1 saturated heterocycles. The molecule has 1 aromatic carbocycles. The zero-order valence-corrected chi connectivity index (χ0v) is 17.0. The molecule has 0 N–H and O–H groups in total. The molecule has 5 rings (SSSR count). The van der Waals surface area contributed by atoms with Crippen molar-refractivity contribution in [3.63, 3.8) is 0 Å². The first-order chi connectivity index (χ1) is 14.7. The smallest absolute Gasteiger partial charge is 0.267 e. The van der Waals surface area contributed by atoms with Crippen LogP contribution in [-0.2, 0) is 19.4 Å². The Morgan fingerprint density at radius 3 is 2.73 bits per heavy atom. The number of rotatable bonds is 4. The number of fused-ring (bicyclic) bond motifs is 2. The second-order valence-corrected chi connectivity index (χ2v) is 8.08. The van der Waals surface area contributed by atoms with Crippen molar-refractivity contribution in [2.45, 2.75) is 25.8 Å². The molecule has 3 heterocycles. The Morgan fingerprint density at radius 2 is 1.87 bits per heavy atom. The quantitative estimate of drug-likeness (QED) is 0.664. The number of aryl methyl sites for hydroxylation is 2. The summed E-state index contributed by atoms with van der Waals surface area (Å²) in [6.07, 6.45) is 4.80. The third-order valence-electron chi connectivity index (χ3n) is 6.16. The van der Waals surface area contributed by atoms with Gasteiger partial charge in [-0.1, -0.05) is 6.07 Å². The van der Waals surface area contributed by atoms with E-state index < -0.39 is 0 Å². The van der Waals surface area contributed by atoms with E-state index in [4.69, 9.17) is 0 Å². The summed E-state index contributed by atoms with van der Waals surface area (Å²) in [6, 6.07) is 11.3. The van der Waals surface area contributed by atoms with Crippen molar-refractivity contribution >= 4 is 16.8 Å². The van der Waals surface area contributed by atoms with E-state index >= 15 is 0 Å². The Bertz CT molecular complexity index is 1150. The molecule has 1 aliphatic heterocycles. The van der Waals surface area contributed by atoms with Crippen LogP contribution in [0.2, 0.25) is 0 Å². The molecular formula is C23H25N5O2. The Balaban J connectivity index is 1.18. The highest BCUT2D eigenvalue weighted by atomic mass is 16.2. The summed E-state index contributed by atoms with van der Waals surface area (Å²) in [5.41, 5.74) is 3.80. The fourth-order valence-electron chi connectivity index (χ4n) is 4.40. The molecule has 154 valence electrons. The minimum atomic E-state index is -0.00439. The van der Waals surface area contributed by atoms with Crippen LogP contribution in [0.15, 0.2) is 47.4 Å². The summed E-state index contributed by atoms with van der Waals surface area (Å²) >= 11 is 0. The van der Waals surface area contributed by atoms with E-state index in [0.29, 0.717) is 25.2 Å². The highest BCUT2D eigenvalue weighted by Crippen LogP contribution is 2.17. The van der Waals surface area contributed by atoms with Crippen LogP contribution in [-0.4, -0.2) is 63.2 Å². The predicted octanol–water partition coefficient (Wildman–Crippen LogP) is 1.74. The molecule has 7 heteroatoms. The maximum absolute atomic E-state index is 12.9. The third-order valence-corrected chi connectivity index (χ3v) is 6.16. The number of hydrogen-bond acceptors (Lipinski definition) is 5. The highest BCUT2D eigenvalue weighted by Gasteiger charge is 2.22. The van der Waals surface area contributed by atoms with Gasteiger partial charge in [0.25, 0.3) is 11.5 Å². The lowest BCUT2D eigenvalue weighted by molar-refractivity contribution is 0.0631. The van der Waals surface area contributed by atoms with Gasteiger partial charge < -0.3 is 4.90 Å². The second-order valence-electron chi connectivity index (χ2n) is 8.08. The fraction of sp³-hybridized carbons (Fsp3) is 0.391. The van der Waals surface area contributed by atoms with Crippen molar-refractivity contribution in [2.75, 3.05) is 32.7 Å². The molecular weight excluding hydrogens is 378 g/mol. The zero-order valence-electron chi connectivity index (χ0n) is 17.0. The first-order valence-electron chi connectivity index (χ1n) is 10.6. The maximum Gasteiger partial charge on any atom is 0.267 e.